The van der Waals surface area contributed by atoms with Gasteiger partial charge in [-0.15, -0.1) is 0 Å². The second-order valence-corrected chi connectivity index (χ2v) is 24.9. The van der Waals surface area contributed by atoms with Gasteiger partial charge in [0.25, 0.3) is 11.8 Å². The SMILES string of the molecule is CC(C)(C)c1cc2c(O)c(c1)Cc1cc(C(C)(C)C)cc(c1OCCNC(=O)[C@H](O)[C@@H](O)[C@H](O)[C@H](O)CO)Cc1cc(C(C)(C)C)cc(c1O)Cc1cc(C(C)(C)C)cc(c1OCCNC(=O)[C@H](O)[C@@H](O)[C@H](O)[C@H](O)CO)C2. The predicted octanol–water partition coefficient (Wildman–Crippen LogP) is 2.83. The van der Waals surface area contributed by atoms with E-state index in [2.05, 4.69) is 93.7 Å². The zero-order valence-corrected chi connectivity index (χ0v) is 47.3. The van der Waals surface area contributed by atoms with Crippen molar-refractivity contribution in [3.8, 4) is 23.0 Å². The first-order valence-electron chi connectivity index (χ1n) is 26.6. The van der Waals surface area contributed by atoms with E-state index in [1.165, 1.54) is 0 Å². The number of nitrogens with one attached hydrogen (secondary N) is 2. The number of rotatable bonds is 18. The Kier molecular flexibility index (Phi) is 20.6. The van der Waals surface area contributed by atoms with Gasteiger partial charge in [-0.3, -0.25) is 9.59 Å². The van der Waals surface area contributed by atoms with E-state index < -0.39 is 95.5 Å². The lowest BCUT2D eigenvalue weighted by atomic mass is 9.79. The van der Waals surface area contributed by atoms with Crippen LogP contribution >= 0.6 is 0 Å². The van der Waals surface area contributed by atoms with Crippen LogP contribution < -0.4 is 20.1 Å². The van der Waals surface area contributed by atoms with E-state index in [9.17, 15) is 70.9 Å². The van der Waals surface area contributed by atoms with Gasteiger partial charge in [-0.05, 0) is 88.4 Å². The van der Waals surface area contributed by atoms with Gasteiger partial charge < -0.3 is 81.4 Å². The summed E-state index contributed by atoms with van der Waals surface area (Å²) < 4.78 is 13.3. The molecule has 8 atom stereocenters. The lowest BCUT2D eigenvalue weighted by Crippen LogP contribution is -2.52. The van der Waals surface area contributed by atoms with Crippen LogP contribution in [0.15, 0.2) is 48.5 Å². The molecule has 0 spiro atoms. The summed E-state index contributed by atoms with van der Waals surface area (Å²) in [5.74, 6) is -1.20. The number of carbonyl (C=O) groups is 2. The molecule has 14 N–H and O–H groups in total. The highest BCUT2D eigenvalue weighted by molar-refractivity contribution is 5.81. The molecule has 5 rings (SSSR count). The van der Waals surface area contributed by atoms with Crippen molar-refractivity contribution in [2.45, 2.75) is 179 Å². The number of phenols is 2. The van der Waals surface area contributed by atoms with Crippen molar-refractivity contribution in [3.63, 3.8) is 0 Å². The molecule has 0 saturated heterocycles. The summed E-state index contributed by atoms with van der Waals surface area (Å²) in [4.78, 5) is 26.0. The van der Waals surface area contributed by atoms with E-state index in [0.29, 0.717) is 56.0 Å². The fraction of sp³-hybridized carbons (Fsp3) is 0.567. The van der Waals surface area contributed by atoms with Gasteiger partial charge >= 0.3 is 0 Å². The van der Waals surface area contributed by atoms with E-state index in [-0.39, 0.29) is 63.5 Å². The maximum atomic E-state index is 13.0. The number of hydrogen-bond acceptors (Lipinski definition) is 16. The van der Waals surface area contributed by atoms with Gasteiger partial charge in [0.15, 0.2) is 12.2 Å². The Hall–Kier alpha value is -5.38. The smallest absolute Gasteiger partial charge is 0.251 e. The summed E-state index contributed by atoms with van der Waals surface area (Å²) in [5, 5.41) is 130. The summed E-state index contributed by atoms with van der Waals surface area (Å²) in [6.07, 6.45) is -15.5. The number of fused-ring (bicyclic) bond motifs is 8. The van der Waals surface area contributed by atoms with Crippen molar-refractivity contribution in [3.05, 3.63) is 115 Å². The molecule has 0 fully saturated rings. The number of aliphatic hydroxyl groups is 10. The molecule has 0 aromatic heterocycles. The number of aromatic hydroxyl groups is 2. The van der Waals surface area contributed by atoms with Crippen LogP contribution in [0.5, 0.6) is 23.0 Å². The topological polar surface area (TPSA) is 319 Å². The second kappa shape index (κ2) is 25.4. The van der Waals surface area contributed by atoms with Gasteiger partial charge in [-0.25, -0.2) is 0 Å². The first-order valence-corrected chi connectivity index (χ1v) is 26.6. The highest BCUT2D eigenvalue weighted by Gasteiger charge is 2.36. The third-order valence-electron chi connectivity index (χ3n) is 14.4. The molecule has 0 saturated carbocycles. The number of phenolic OH excluding ortho intramolecular Hbond substituents is 2. The van der Waals surface area contributed by atoms with Crippen LogP contribution in [0.2, 0.25) is 0 Å². The van der Waals surface area contributed by atoms with Gasteiger partial charge in [-0.2, -0.15) is 0 Å². The third-order valence-corrected chi connectivity index (χ3v) is 14.4. The molecule has 0 radical (unpaired) electrons. The Labute approximate surface area is 458 Å². The minimum absolute atomic E-state index is 0.0247. The van der Waals surface area contributed by atoms with E-state index in [1.807, 2.05) is 48.5 Å². The van der Waals surface area contributed by atoms with Gasteiger partial charge in [-0.1, -0.05) is 132 Å². The van der Waals surface area contributed by atoms with Gasteiger partial charge in [0.1, 0.15) is 72.8 Å². The zero-order chi connectivity index (χ0) is 58.6. The first-order chi connectivity index (χ1) is 36.1. The molecule has 1 aliphatic carbocycles. The van der Waals surface area contributed by atoms with Gasteiger partial charge in [0.2, 0.25) is 0 Å². The van der Waals surface area contributed by atoms with Crippen molar-refractivity contribution in [2.75, 3.05) is 39.5 Å². The number of benzene rings is 4. The molecular formula is C60H86N2O16. The number of amides is 2. The van der Waals surface area contributed by atoms with Crippen LogP contribution in [-0.2, 0) is 56.9 Å². The van der Waals surface area contributed by atoms with Crippen LogP contribution in [-0.4, -0.2) is 161 Å². The summed E-state index contributed by atoms with van der Waals surface area (Å²) in [5.41, 5.74) is 7.17. The highest BCUT2D eigenvalue weighted by atomic mass is 16.5. The molecule has 0 heterocycles. The van der Waals surface area contributed by atoms with Crippen molar-refractivity contribution in [1.29, 1.82) is 0 Å². The largest absolute Gasteiger partial charge is 0.507 e. The molecule has 1 aliphatic rings. The molecule has 18 nitrogen and oxygen atoms in total. The number of carbonyl (C=O) groups excluding carboxylic acids is 2. The summed E-state index contributed by atoms with van der Waals surface area (Å²) in [6, 6.07) is 16.0. The quantitative estimate of drug-likeness (QED) is 0.0561. The average Bonchev–Trinajstić information content (AvgIpc) is 3.37. The van der Waals surface area contributed by atoms with Crippen LogP contribution in [0.4, 0.5) is 0 Å². The van der Waals surface area contributed by atoms with E-state index in [1.54, 1.807) is 0 Å². The van der Waals surface area contributed by atoms with Crippen molar-refractivity contribution in [1.82, 2.24) is 10.6 Å². The molecule has 4 aromatic carbocycles. The van der Waals surface area contributed by atoms with Crippen LogP contribution in [0.1, 0.15) is 150 Å². The molecule has 0 unspecified atom stereocenters. The minimum atomic E-state index is -2.15. The Morgan fingerprint density at radius 3 is 0.872 bits per heavy atom. The Morgan fingerprint density at radius 1 is 0.423 bits per heavy atom. The maximum Gasteiger partial charge on any atom is 0.251 e. The highest BCUT2D eigenvalue weighted by Crippen LogP contribution is 2.44. The third kappa shape index (κ3) is 15.5. The zero-order valence-electron chi connectivity index (χ0n) is 47.3. The molecule has 8 bridgehead atoms. The summed E-state index contributed by atoms with van der Waals surface area (Å²) in [6.45, 7) is 22.4. The Morgan fingerprint density at radius 2 is 0.654 bits per heavy atom. The van der Waals surface area contributed by atoms with Crippen LogP contribution in [0.3, 0.4) is 0 Å². The van der Waals surface area contributed by atoms with Crippen LogP contribution in [0.25, 0.3) is 0 Å². The molecule has 0 aliphatic heterocycles. The maximum absolute atomic E-state index is 13.0. The summed E-state index contributed by atoms with van der Waals surface area (Å²) >= 11 is 0. The van der Waals surface area contributed by atoms with Gasteiger partial charge in [0, 0.05) is 25.7 Å². The molecule has 78 heavy (non-hydrogen) atoms. The van der Waals surface area contributed by atoms with E-state index >= 15 is 0 Å². The standard InChI is InChI=1S/C60H86N2O16/c1-57(2,3)39-21-31-17-35-25-41(59(7,8)9)27-37(53(35)77-15-13-61-55(75)51(73)49(71)47(69)43(65)29-63)19-33-23-40(58(4,5)6)24-34(46(33)68)20-38-28-42(60(10,11)12)26-36(18-32(22-39)45(31)67)54(38)78-16-14-62-56(76)52(74)50(72)48(70)44(66)30-64/h21-28,43-44,47-52,63-74H,13-20,29-30H2,1-12H3,(H,61,75)(H,62,76)/t43-,44-,47-,48-,49+,50+,51-,52-/m1/s1. The molecule has 4 aromatic rings. The monoisotopic (exact) mass is 1090 g/mol. The average molecular weight is 1090 g/mol. The van der Waals surface area contributed by atoms with Crippen LogP contribution in [0, 0.1) is 0 Å². The van der Waals surface area contributed by atoms with Crippen molar-refractivity contribution < 1.29 is 80.3 Å². The molecule has 2 amide bonds. The first kappa shape index (κ1) is 63.5. The fourth-order valence-electron chi connectivity index (χ4n) is 9.24. The normalized spacial score (nSPS) is 16.5. The Balaban J connectivity index is 1.73. The number of aliphatic hydroxyl groups excluding tert-OH is 10. The number of ether oxygens (including phenoxy) is 2. The lowest BCUT2D eigenvalue weighted by molar-refractivity contribution is -0.149. The lowest BCUT2D eigenvalue weighted by Gasteiger charge is -2.28. The fourth-order valence-corrected chi connectivity index (χ4v) is 9.24. The minimum Gasteiger partial charge on any atom is -0.507 e. The van der Waals surface area contributed by atoms with Crippen molar-refractivity contribution >= 4 is 11.8 Å². The molecule has 432 valence electrons. The van der Waals surface area contributed by atoms with E-state index in [4.69, 9.17) is 9.47 Å². The Bertz CT molecular complexity index is 2450. The van der Waals surface area contributed by atoms with Crippen molar-refractivity contribution in [2.24, 2.45) is 0 Å². The van der Waals surface area contributed by atoms with E-state index in [0.717, 1.165) is 22.3 Å². The molecular weight excluding hydrogens is 1000 g/mol. The van der Waals surface area contributed by atoms with Gasteiger partial charge in [0.05, 0.1) is 26.3 Å². The predicted molar refractivity (Wildman–Crippen MR) is 294 cm³/mol. The second-order valence-electron chi connectivity index (χ2n) is 24.9. The summed E-state index contributed by atoms with van der Waals surface area (Å²) in [7, 11) is 0. The number of hydrogen-bond donors (Lipinski definition) is 14. The molecule has 18 heteroatoms.